The predicted octanol–water partition coefficient (Wildman–Crippen LogP) is 1.88. The molecular formula is C19H21N5O3S. The fraction of sp³-hybridized carbons (Fsp3) is 0.421. The van der Waals surface area contributed by atoms with Gasteiger partial charge in [0.15, 0.2) is 5.58 Å². The smallest absolute Gasteiger partial charge is 0.298 e. The van der Waals surface area contributed by atoms with Crippen LogP contribution < -0.4 is 15.5 Å². The Kier molecular flexibility index (Phi) is 4.50. The van der Waals surface area contributed by atoms with Crippen LogP contribution in [0.2, 0.25) is 0 Å². The lowest BCUT2D eigenvalue weighted by Gasteiger charge is -2.47. The van der Waals surface area contributed by atoms with Crippen molar-refractivity contribution in [2.24, 2.45) is 0 Å². The molecule has 0 spiro atoms. The number of hydrogen-bond acceptors (Lipinski definition) is 8. The Bertz CT molecular complexity index is 987. The Labute approximate surface area is 165 Å². The van der Waals surface area contributed by atoms with Gasteiger partial charge in [0, 0.05) is 50.4 Å². The Morgan fingerprint density at radius 3 is 2.96 bits per heavy atom. The molecule has 3 aromatic rings. The molecule has 0 saturated carbocycles. The highest BCUT2D eigenvalue weighted by Crippen LogP contribution is 2.36. The van der Waals surface area contributed by atoms with E-state index in [1.807, 2.05) is 11.4 Å². The zero-order valence-electron chi connectivity index (χ0n) is 15.5. The van der Waals surface area contributed by atoms with Gasteiger partial charge in [-0.15, -0.1) is 11.3 Å². The first-order valence-electron chi connectivity index (χ1n) is 9.34. The van der Waals surface area contributed by atoms with Gasteiger partial charge in [-0.2, -0.15) is 4.98 Å². The topological polar surface area (TPSA) is 92.5 Å². The average molecular weight is 399 g/mol. The second-order valence-electron chi connectivity index (χ2n) is 7.12. The van der Waals surface area contributed by atoms with Crippen molar-refractivity contribution in [3.8, 4) is 10.6 Å². The number of oxazole rings is 1. The lowest BCUT2D eigenvalue weighted by atomic mass is 9.92. The van der Waals surface area contributed by atoms with Gasteiger partial charge in [-0.05, 0) is 18.6 Å². The normalized spacial score (nSPS) is 21.0. The Morgan fingerprint density at radius 2 is 2.25 bits per heavy atom. The minimum absolute atomic E-state index is 0.184. The van der Waals surface area contributed by atoms with Gasteiger partial charge in [-0.3, -0.25) is 4.79 Å². The van der Waals surface area contributed by atoms with Crippen molar-refractivity contribution in [1.82, 2.24) is 20.6 Å². The summed E-state index contributed by atoms with van der Waals surface area (Å²) in [4.78, 5) is 24.0. The largest absolute Gasteiger partial charge is 0.423 e. The number of benzene rings is 1. The van der Waals surface area contributed by atoms with Gasteiger partial charge >= 0.3 is 0 Å². The van der Waals surface area contributed by atoms with Crippen molar-refractivity contribution in [1.29, 1.82) is 0 Å². The van der Waals surface area contributed by atoms with E-state index in [-0.39, 0.29) is 5.91 Å². The lowest BCUT2D eigenvalue weighted by molar-refractivity contribution is 0.0938. The van der Waals surface area contributed by atoms with Crippen LogP contribution in [-0.4, -0.2) is 61.3 Å². The van der Waals surface area contributed by atoms with Gasteiger partial charge in [-0.25, -0.2) is 4.98 Å². The van der Waals surface area contributed by atoms with Crippen molar-refractivity contribution >= 4 is 34.4 Å². The summed E-state index contributed by atoms with van der Waals surface area (Å²) in [6.45, 7) is 2.63. The molecule has 9 heteroatoms. The molecule has 2 N–H and O–H groups in total. The lowest BCUT2D eigenvalue weighted by Crippen LogP contribution is -2.67. The summed E-state index contributed by atoms with van der Waals surface area (Å²) in [5, 5.41) is 9.15. The van der Waals surface area contributed by atoms with E-state index in [1.54, 1.807) is 19.4 Å². The number of rotatable bonds is 6. The molecule has 3 aliphatic heterocycles. The molecule has 2 bridgehead atoms. The van der Waals surface area contributed by atoms with Gasteiger partial charge in [0.25, 0.3) is 11.9 Å². The van der Waals surface area contributed by atoms with Crippen LogP contribution in [0.4, 0.5) is 6.01 Å². The third kappa shape index (κ3) is 3.05. The van der Waals surface area contributed by atoms with Gasteiger partial charge in [0.2, 0.25) is 0 Å². The number of carbonyl (C=O) groups excluding carboxylic acids is 1. The second-order valence-corrected chi connectivity index (χ2v) is 8.02. The van der Waals surface area contributed by atoms with E-state index in [1.165, 1.54) is 17.8 Å². The van der Waals surface area contributed by atoms with Crippen LogP contribution in [0.1, 0.15) is 16.8 Å². The molecule has 2 aromatic heterocycles. The number of nitrogens with zero attached hydrogens (tertiary/aromatic N) is 3. The van der Waals surface area contributed by atoms with Crippen LogP contribution in [0.15, 0.2) is 28.1 Å². The van der Waals surface area contributed by atoms with Gasteiger partial charge in [0.05, 0.1) is 17.7 Å². The van der Waals surface area contributed by atoms with E-state index in [0.717, 1.165) is 23.7 Å². The molecule has 1 aromatic carbocycles. The molecule has 1 amide bonds. The number of amides is 1. The van der Waals surface area contributed by atoms with Crippen LogP contribution in [0.5, 0.6) is 0 Å². The van der Waals surface area contributed by atoms with E-state index < -0.39 is 0 Å². The minimum atomic E-state index is -0.184. The third-order valence-corrected chi connectivity index (χ3v) is 6.03. The number of nitrogens with one attached hydrogen (secondary N) is 2. The number of methoxy groups -OCH3 is 1. The maximum Gasteiger partial charge on any atom is 0.298 e. The standard InChI is InChI=1S/C19H21N5O3S/c1-26-6-4-20-17(25)13-2-3-14(18-21-5-7-28-18)16-15(13)23-19(27-16)24-9-11-8-12(10-24)22-11/h2-3,5,7,11-12,22H,4,6,8-10H2,1H3,(H,20,25). The first-order chi connectivity index (χ1) is 13.7. The molecule has 3 aliphatic rings. The van der Waals surface area contributed by atoms with Crippen LogP contribution >= 0.6 is 11.3 Å². The van der Waals surface area contributed by atoms with Crippen LogP contribution in [-0.2, 0) is 4.74 Å². The number of piperazine rings is 1. The number of aromatic nitrogens is 2. The summed E-state index contributed by atoms with van der Waals surface area (Å²) < 4.78 is 11.2. The predicted molar refractivity (Wildman–Crippen MR) is 107 cm³/mol. The summed E-state index contributed by atoms with van der Waals surface area (Å²) in [5.41, 5.74) is 2.54. The molecule has 146 valence electrons. The molecule has 0 aliphatic carbocycles. The highest BCUT2D eigenvalue weighted by atomic mass is 32.1. The zero-order valence-corrected chi connectivity index (χ0v) is 16.3. The third-order valence-electron chi connectivity index (χ3n) is 5.22. The quantitative estimate of drug-likeness (QED) is 0.612. The maximum atomic E-state index is 12.7. The Balaban J connectivity index is 1.55. The van der Waals surface area contributed by atoms with Crippen molar-refractivity contribution in [3.05, 3.63) is 29.3 Å². The highest BCUT2D eigenvalue weighted by Gasteiger charge is 2.38. The van der Waals surface area contributed by atoms with E-state index >= 15 is 0 Å². The molecule has 2 atom stereocenters. The molecular weight excluding hydrogens is 378 g/mol. The summed E-state index contributed by atoms with van der Waals surface area (Å²) in [7, 11) is 1.61. The van der Waals surface area contributed by atoms with Gasteiger partial charge in [-0.1, -0.05) is 0 Å². The number of thiazole rings is 1. The highest BCUT2D eigenvalue weighted by molar-refractivity contribution is 7.13. The number of fused-ring (bicyclic) bond motifs is 3. The van der Waals surface area contributed by atoms with Crippen LogP contribution in [0, 0.1) is 0 Å². The van der Waals surface area contributed by atoms with E-state index in [9.17, 15) is 4.79 Å². The zero-order chi connectivity index (χ0) is 19.1. The van der Waals surface area contributed by atoms with Crippen molar-refractivity contribution < 1.29 is 13.9 Å². The summed E-state index contributed by atoms with van der Waals surface area (Å²) in [5.74, 6) is -0.184. The molecule has 2 unspecified atom stereocenters. The number of carbonyl (C=O) groups is 1. The van der Waals surface area contributed by atoms with E-state index in [4.69, 9.17) is 14.1 Å². The van der Waals surface area contributed by atoms with Crippen molar-refractivity contribution in [2.45, 2.75) is 18.5 Å². The fourth-order valence-corrected chi connectivity index (χ4v) is 4.53. The fourth-order valence-electron chi connectivity index (χ4n) is 3.87. The van der Waals surface area contributed by atoms with E-state index in [0.29, 0.717) is 47.9 Å². The van der Waals surface area contributed by atoms with Crippen molar-refractivity contribution in [3.63, 3.8) is 0 Å². The molecule has 8 nitrogen and oxygen atoms in total. The van der Waals surface area contributed by atoms with Gasteiger partial charge in [0.1, 0.15) is 10.5 Å². The minimum Gasteiger partial charge on any atom is -0.423 e. The Morgan fingerprint density at radius 1 is 1.43 bits per heavy atom. The SMILES string of the molecule is COCCNC(=O)c1ccc(-c2nccs2)c2oc(N3CC4CC(C3)N4)nc12. The van der Waals surface area contributed by atoms with Crippen LogP contribution in [0.3, 0.4) is 0 Å². The number of piperidine rings is 1. The van der Waals surface area contributed by atoms with Crippen LogP contribution in [0.25, 0.3) is 21.7 Å². The first-order valence-corrected chi connectivity index (χ1v) is 10.2. The van der Waals surface area contributed by atoms with E-state index in [2.05, 4.69) is 20.5 Å². The van der Waals surface area contributed by atoms with Gasteiger partial charge < -0.3 is 24.7 Å². The first kappa shape index (κ1) is 17.6. The molecule has 6 rings (SSSR count). The van der Waals surface area contributed by atoms with Crippen molar-refractivity contribution in [2.75, 3.05) is 38.3 Å². The molecule has 28 heavy (non-hydrogen) atoms. The monoisotopic (exact) mass is 399 g/mol. The Hall–Kier alpha value is -2.49. The molecule has 5 heterocycles. The molecule has 3 saturated heterocycles. The number of hydrogen-bond donors (Lipinski definition) is 2. The summed E-state index contributed by atoms with van der Waals surface area (Å²) in [6, 6.07) is 5.23. The maximum absolute atomic E-state index is 12.7. The summed E-state index contributed by atoms with van der Waals surface area (Å²) >= 11 is 1.53. The number of anilines is 1. The second kappa shape index (κ2) is 7.16. The molecule has 3 fully saturated rings. The number of ether oxygens (including phenoxy) is 1. The molecule has 0 radical (unpaired) electrons. The summed E-state index contributed by atoms with van der Waals surface area (Å²) in [6.07, 6.45) is 2.96. The average Bonchev–Trinajstić information content (AvgIpc) is 3.37.